The van der Waals surface area contributed by atoms with Gasteiger partial charge < -0.3 is 9.84 Å². The number of ether oxygens (including phenoxy) is 1. The first kappa shape index (κ1) is 17.2. The minimum atomic E-state index is -1.01. The van der Waals surface area contributed by atoms with Crippen molar-refractivity contribution in [1.82, 2.24) is 0 Å². The van der Waals surface area contributed by atoms with Gasteiger partial charge in [0, 0.05) is 0 Å². The van der Waals surface area contributed by atoms with E-state index in [-0.39, 0.29) is 6.61 Å². The fourth-order valence-corrected chi connectivity index (χ4v) is 2.68. The third-order valence-corrected chi connectivity index (χ3v) is 3.87. The zero-order chi connectivity index (χ0) is 18.4. The van der Waals surface area contributed by atoms with Crippen LogP contribution in [0.5, 0.6) is 5.75 Å². The normalized spacial score (nSPS) is 10.3. The van der Waals surface area contributed by atoms with E-state index in [4.69, 9.17) is 15.1 Å². The van der Waals surface area contributed by atoms with Crippen LogP contribution in [0.1, 0.15) is 22.3 Å². The molecule has 0 saturated heterocycles. The standard InChI is InChI=1S/C22H16NO3/c23-14-16-6-8-18(9-7-16)22(17-4-2-1-3-5-17)19-10-12-20(13-11-19)26-15-21(24)25/h1-13H,15H2,(H,24,25). The molecule has 0 aliphatic heterocycles. The summed E-state index contributed by atoms with van der Waals surface area (Å²) in [5.41, 5.74) is 3.63. The van der Waals surface area contributed by atoms with E-state index in [1.165, 1.54) is 0 Å². The quantitative estimate of drug-likeness (QED) is 0.686. The van der Waals surface area contributed by atoms with Crippen molar-refractivity contribution in [3.63, 3.8) is 0 Å². The Balaban J connectivity index is 1.95. The number of carbonyl (C=O) groups is 1. The van der Waals surface area contributed by atoms with Gasteiger partial charge in [-0.05, 0) is 41.0 Å². The fraction of sp³-hybridized carbons (Fsp3) is 0.0455. The number of nitriles is 1. The lowest BCUT2D eigenvalue weighted by Crippen LogP contribution is -2.09. The van der Waals surface area contributed by atoms with Crippen LogP contribution < -0.4 is 4.74 Å². The maximum absolute atomic E-state index is 10.6. The Morgan fingerprint density at radius 3 is 1.92 bits per heavy atom. The van der Waals surface area contributed by atoms with E-state index < -0.39 is 5.97 Å². The third-order valence-electron chi connectivity index (χ3n) is 3.87. The molecule has 26 heavy (non-hydrogen) atoms. The summed E-state index contributed by atoms with van der Waals surface area (Å²) in [6.07, 6.45) is 0. The van der Waals surface area contributed by atoms with Gasteiger partial charge in [0.1, 0.15) is 5.75 Å². The van der Waals surface area contributed by atoms with Crippen molar-refractivity contribution >= 4 is 5.97 Å². The summed E-state index contributed by atoms with van der Waals surface area (Å²) < 4.78 is 5.20. The first-order valence-corrected chi connectivity index (χ1v) is 8.05. The van der Waals surface area contributed by atoms with E-state index in [0.29, 0.717) is 11.3 Å². The smallest absolute Gasteiger partial charge is 0.341 e. The number of nitrogens with zero attached hydrogens (tertiary/aromatic N) is 1. The second-order valence-corrected chi connectivity index (χ2v) is 5.64. The van der Waals surface area contributed by atoms with Gasteiger partial charge in [-0.25, -0.2) is 4.79 Å². The van der Waals surface area contributed by atoms with E-state index in [2.05, 4.69) is 6.07 Å². The van der Waals surface area contributed by atoms with Crippen molar-refractivity contribution in [2.75, 3.05) is 6.61 Å². The molecule has 127 valence electrons. The molecular formula is C22H16NO3. The summed E-state index contributed by atoms with van der Waals surface area (Å²) in [7, 11) is 0. The van der Waals surface area contributed by atoms with E-state index >= 15 is 0 Å². The zero-order valence-corrected chi connectivity index (χ0v) is 13.9. The molecule has 0 saturated carbocycles. The SMILES string of the molecule is N#Cc1ccc([C](c2ccccc2)c2ccc(OCC(=O)O)cc2)cc1. The number of hydrogen-bond acceptors (Lipinski definition) is 3. The van der Waals surface area contributed by atoms with E-state index in [0.717, 1.165) is 22.6 Å². The number of carboxylic acids is 1. The second-order valence-electron chi connectivity index (χ2n) is 5.64. The van der Waals surface area contributed by atoms with Gasteiger partial charge in [0.25, 0.3) is 0 Å². The predicted octanol–water partition coefficient (Wildman–Crippen LogP) is 4.04. The summed E-state index contributed by atoms with van der Waals surface area (Å²) in [6, 6.07) is 26.9. The van der Waals surface area contributed by atoms with Gasteiger partial charge in [0.15, 0.2) is 6.61 Å². The van der Waals surface area contributed by atoms with E-state index in [9.17, 15) is 4.79 Å². The second kappa shape index (κ2) is 8.00. The molecule has 3 rings (SSSR count). The van der Waals surface area contributed by atoms with Gasteiger partial charge in [-0.1, -0.05) is 54.6 Å². The van der Waals surface area contributed by atoms with Gasteiger partial charge in [-0.3, -0.25) is 0 Å². The third kappa shape index (κ3) is 4.08. The largest absolute Gasteiger partial charge is 0.482 e. The summed E-state index contributed by atoms with van der Waals surface area (Å²) in [5, 5.41) is 17.7. The molecule has 0 aromatic heterocycles. The van der Waals surface area contributed by atoms with Gasteiger partial charge in [-0.2, -0.15) is 5.26 Å². The molecule has 0 fully saturated rings. The van der Waals surface area contributed by atoms with Crippen LogP contribution in [0.25, 0.3) is 0 Å². The molecule has 4 heteroatoms. The van der Waals surface area contributed by atoms with Crippen LogP contribution >= 0.6 is 0 Å². The van der Waals surface area contributed by atoms with Gasteiger partial charge in [0.2, 0.25) is 0 Å². The molecular weight excluding hydrogens is 326 g/mol. The Kier molecular flexibility index (Phi) is 5.31. The molecule has 3 aromatic carbocycles. The molecule has 0 bridgehead atoms. The lowest BCUT2D eigenvalue weighted by atomic mass is 9.85. The number of benzene rings is 3. The molecule has 0 heterocycles. The van der Waals surface area contributed by atoms with Crippen LogP contribution in [0.3, 0.4) is 0 Å². The van der Waals surface area contributed by atoms with Crippen molar-refractivity contribution < 1.29 is 14.6 Å². The lowest BCUT2D eigenvalue weighted by Gasteiger charge is -2.18. The molecule has 0 amide bonds. The van der Waals surface area contributed by atoms with E-state index in [1.807, 2.05) is 54.6 Å². The van der Waals surface area contributed by atoms with Gasteiger partial charge >= 0.3 is 5.97 Å². The summed E-state index contributed by atoms with van der Waals surface area (Å²) in [6.45, 7) is -0.371. The van der Waals surface area contributed by atoms with Crippen molar-refractivity contribution in [1.29, 1.82) is 5.26 Å². The Morgan fingerprint density at radius 2 is 1.38 bits per heavy atom. The molecule has 0 aliphatic carbocycles. The number of aliphatic carboxylic acids is 1. The molecule has 1 radical (unpaired) electrons. The highest BCUT2D eigenvalue weighted by Gasteiger charge is 2.17. The highest BCUT2D eigenvalue weighted by Crippen LogP contribution is 2.32. The van der Waals surface area contributed by atoms with Crippen LogP contribution in [0.4, 0.5) is 0 Å². The minimum Gasteiger partial charge on any atom is -0.482 e. The number of rotatable bonds is 6. The Bertz CT molecular complexity index is 910. The monoisotopic (exact) mass is 342 g/mol. The molecule has 0 spiro atoms. The van der Waals surface area contributed by atoms with Crippen LogP contribution in [-0.4, -0.2) is 17.7 Å². The maximum Gasteiger partial charge on any atom is 0.341 e. The molecule has 0 aliphatic rings. The van der Waals surface area contributed by atoms with Crippen LogP contribution in [0.15, 0.2) is 78.9 Å². The molecule has 1 N–H and O–H groups in total. The zero-order valence-electron chi connectivity index (χ0n) is 13.9. The Hall–Kier alpha value is -3.58. The molecule has 0 atom stereocenters. The van der Waals surface area contributed by atoms with Crippen LogP contribution in [0, 0.1) is 17.2 Å². The number of carboxylic acid groups (broad SMARTS) is 1. The Labute approximate surface area is 151 Å². The van der Waals surface area contributed by atoms with Crippen LogP contribution in [0.2, 0.25) is 0 Å². The summed E-state index contributed by atoms with van der Waals surface area (Å²) in [5.74, 6) is 0.520. The van der Waals surface area contributed by atoms with Crippen LogP contribution in [-0.2, 0) is 4.79 Å². The minimum absolute atomic E-state index is 0.371. The lowest BCUT2D eigenvalue weighted by molar-refractivity contribution is -0.139. The Morgan fingerprint density at radius 1 is 0.846 bits per heavy atom. The van der Waals surface area contributed by atoms with Crippen molar-refractivity contribution in [2.45, 2.75) is 0 Å². The van der Waals surface area contributed by atoms with E-state index in [1.54, 1.807) is 24.3 Å². The predicted molar refractivity (Wildman–Crippen MR) is 97.7 cm³/mol. The highest BCUT2D eigenvalue weighted by atomic mass is 16.5. The first-order chi connectivity index (χ1) is 12.7. The topological polar surface area (TPSA) is 70.3 Å². The first-order valence-electron chi connectivity index (χ1n) is 8.05. The summed E-state index contributed by atoms with van der Waals surface area (Å²) in [4.78, 5) is 10.6. The molecule has 0 unspecified atom stereocenters. The van der Waals surface area contributed by atoms with Gasteiger partial charge in [-0.15, -0.1) is 0 Å². The van der Waals surface area contributed by atoms with Crippen molar-refractivity contribution in [3.8, 4) is 11.8 Å². The molecule has 4 nitrogen and oxygen atoms in total. The number of hydrogen-bond donors (Lipinski definition) is 1. The maximum atomic E-state index is 10.6. The fourth-order valence-electron chi connectivity index (χ4n) is 2.68. The summed E-state index contributed by atoms with van der Waals surface area (Å²) >= 11 is 0. The van der Waals surface area contributed by atoms with Crippen molar-refractivity contribution in [3.05, 3.63) is 107 Å². The highest BCUT2D eigenvalue weighted by molar-refractivity contribution is 5.68. The van der Waals surface area contributed by atoms with Gasteiger partial charge in [0.05, 0.1) is 17.6 Å². The average Bonchev–Trinajstić information content (AvgIpc) is 2.69. The molecule has 3 aromatic rings. The average molecular weight is 342 g/mol. The van der Waals surface area contributed by atoms with Crippen molar-refractivity contribution in [2.24, 2.45) is 0 Å².